The largest absolute Gasteiger partial charge is 0.491 e. The van der Waals surface area contributed by atoms with E-state index in [4.69, 9.17) is 4.74 Å². The van der Waals surface area contributed by atoms with Gasteiger partial charge in [-0.05, 0) is 50.5 Å². The van der Waals surface area contributed by atoms with Crippen molar-refractivity contribution in [2.45, 2.75) is 50.5 Å². The fraction of sp³-hybridized carbons (Fsp3) is 0.333. The van der Waals surface area contributed by atoms with Crippen LogP contribution < -0.4 is 0 Å². The maximum atomic E-state index is 13.4. The first kappa shape index (κ1) is 26.9. The van der Waals surface area contributed by atoms with E-state index in [-0.39, 0.29) is 24.3 Å². The summed E-state index contributed by atoms with van der Waals surface area (Å²) in [5, 5.41) is 9.71. The standard InChI is InChI=1S/C30H32N2O6S/c1-20(2)38-24-9-11-25(12-10-24)39(36,37)32-15-14-23(17-32)27-18-31(19-29(33)34)28-16-22(8-13-26(27)28)30(35)21-6-4-3-5-7-21/h3-11,13,16,18,20,23,25H,12,14-15,17,19H2,1-2H3,(H,33,34). The van der Waals surface area contributed by atoms with Gasteiger partial charge in [0.1, 0.15) is 12.3 Å². The van der Waals surface area contributed by atoms with Gasteiger partial charge in [-0.1, -0.05) is 48.5 Å². The second-order valence-corrected chi connectivity index (χ2v) is 12.5. The van der Waals surface area contributed by atoms with Crippen molar-refractivity contribution in [3.8, 4) is 0 Å². The third kappa shape index (κ3) is 5.55. The van der Waals surface area contributed by atoms with E-state index in [0.29, 0.717) is 48.3 Å². The lowest BCUT2D eigenvalue weighted by molar-refractivity contribution is -0.137. The van der Waals surface area contributed by atoms with Gasteiger partial charge in [-0.3, -0.25) is 9.59 Å². The van der Waals surface area contributed by atoms with Crippen LogP contribution in [0.1, 0.15) is 54.1 Å². The van der Waals surface area contributed by atoms with Crippen molar-refractivity contribution in [3.05, 3.63) is 95.4 Å². The molecular formula is C30H32N2O6S. The fourth-order valence-electron chi connectivity index (χ4n) is 5.39. The summed E-state index contributed by atoms with van der Waals surface area (Å²) >= 11 is 0. The molecule has 2 aliphatic rings. The minimum atomic E-state index is -3.57. The lowest BCUT2D eigenvalue weighted by Crippen LogP contribution is -2.36. The molecule has 5 rings (SSSR count). The van der Waals surface area contributed by atoms with Crippen LogP contribution in [0.3, 0.4) is 0 Å². The fourth-order valence-corrected chi connectivity index (χ4v) is 7.13. The maximum absolute atomic E-state index is 13.4. The molecule has 0 radical (unpaired) electrons. The van der Waals surface area contributed by atoms with Gasteiger partial charge in [0.05, 0.1) is 11.4 Å². The Labute approximate surface area is 228 Å². The van der Waals surface area contributed by atoms with Crippen molar-refractivity contribution in [2.24, 2.45) is 0 Å². The lowest BCUT2D eigenvalue weighted by atomic mass is 9.96. The molecule has 8 nitrogen and oxygen atoms in total. The van der Waals surface area contributed by atoms with E-state index in [9.17, 15) is 23.1 Å². The molecule has 0 amide bonds. The van der Waals surface area contributed by atoms with Crippen molar-refractivity contribution in [1.29, 1.82) is 0 Å². The van der Waals surface area contributed by atoms with Gasteiger partial charge in [-0.2, -0.15) is 0 Å². The molecule has 0 saturated carbocycles. The zero-order chi connectivity index (χ0) is 27.7. The molecule has 2 aromatic carbocycles. The number of hydrogen-bond acceptors (Lipinski definition) is 5. The summed E-state index contributed by atoms with van der Waals surface area (Å²) in [6, 6.07) is 14.3. The molecule has 1 aliphatic carbocycles. The summed E-state index contributed by atoms with van der Waals surface area (Å²) in [7, 11) is -3.57. The highest BCUT2D eigenvalue weighted by Crippen LogP contribution is 2.37. The number of carbonyl (C=O) groups excluding carboxylic acids is 1. The van der Waals surface area contributed by atoms with Crippen LogP contribution in [0, 0.1) is 0 Å². The SMILES string of the molecule is CC(C)OC1=CCC(S(=O)(=O)N2CCC(c3cn(CC(=O)O)c4cc(C(=O)c5ccccc5)ccc34)C2)C=C1. The topological polar surface area (TPSA) is 106 Å². The Balaban J connectivity index is 1.40. The first-order valence-electron chi connectivity index (χ1n) is 13.1. The number of carbonyl (C=O) groups is 2. The Kier molecular flexibility index (Phi) is 7.46. The minimum Gasteiger partial charge on any atom is -0.491 e. The number of ketones is 1. The zero-order valence-corrected chi connectivity index (χ0v) is 22.8. The smallest absolute Gasteiger partial charge is 0.323 e. The van der Waals surface area contributed by atoms with Crippen LogP contribution in [0.5, 0.6) is 0 Å². The van der Waals surface area contributed by atoms with Crippen molar-refractivity contribution in [1.82, 2.24) is 8.87 Å². The molecule has 2 unspecified atom stereocenters. The number of sulfonamides is 1. The lowest BCUT2D eigenvalue weighted by Gasteiger charge is -2.24. The van der Waals surface area contributed by atoms with E-state index < -0.39 is 21.2 Å². The Bertz CT molecular complexity index is 1570. The van der Waals surface area contributed by atoms with Crippen LogP contribution in [0.15, 0.2) is 78.7 Å². The number of fused-ring (bicyclic) bond motifs is 1. The Morgan fingerprint density at radius 3 is 2.54 bits per heavy atom. The molecule has 1 N–H and O–H groups in total. The van der Waals surface area contributed by atoms with Crippen molar-refractivity contribution in [3.63, 3.8) is 0 Å². The Hall–Kier alpha value is -3.69. The van der Waals surface area contributed by atoms with Crippen LogP contribution in [0.4, 0.5) is 0 Å². The molecule has 204 valence electrons. The number of carboxylic acids is 1. The first-order chi connectivity index (χ1) is 18.6. The number of rotatable bonds is 9. The van der Waals surface area contributed by atoms with Crippen LogP contribution in [-0.4, -0.2) is 58.6 Å². The number of ether oxygens (including phenoxy) is 1. The van der Waals surface area contributed by atoms with E-state index in [2.05, 4.69) is 0 Å². The summed E-state index contributed by atoms with van der Waals surface area (Å²) in [6.07, 6.45) is 8.06. The molecule has 2 atom stereocenters. The minimum absolute atomic E-state index is 0.0178. The third-order valence-corrected chi connectivity index (χ3v) is 9.41. The number of aromatic nitrogens is 1. The summed E-state index contributed by atoms with van der Waals surface area (Å²) in [5.41, 5.74) is 2.57. The third-order valence-electron chi connectivity index (χ3n) is 7.25. The summed E-state index contributed by atoms with van der Waals surface area (Å²) in [6.45, 7) is 4.32. The number of aliphatic carboxylic acids is 1. The molecule has 0 bridgehead atoms. The number of allylic oxidation sites excluding steroid dienone is 2. The molecule has 1 aliphatic heterocycles. The van der Waals surface area contributed by atoms with Gasteiger partial charge in [0, 0.05) is 47.2 Å². The van der Waals surface area contributed by atoms with E-state index in [1.54, 1.807) is 63.6 Å². The van der Waals surface area contributed by atoms with E-state index >= 15 is 0 Å². The van der Waals surface area contributed by atoms with Crippen LogP contribution in [-0.2, 0) is 26.1 Å². The Morgan fingerprint density at radius 1 is 1.10 bits per heavy atom. The molecule has 0 spiro atoms. The van der Waals surface area contributed by atoms with Gasteiger partial charge in [0.25, 0.3) is 0 Å². The van der Waals surface area contributed by atoms with Gasteiger partial charge < -0.3 is 14.4 Å². The predicted molar refractivity (Wildman–Crippen MR) is 149 cm³/mol. The molecule has 9 heteroatoms. The number of hydrogen-bond donors (Lipinski definition) is 1. The normalized spacial score (nSPS) is 19.9. The van der Waals surface area contributed by atoms with Gasteiger partial charge in [0.15, 0.2) is 5.78 Å². The molecule has 39 heavy (non-hydrogen) atoms. The average molecular weight is 549 g/mol. The highest BCUT2D eigenvalue weighted by Gasteiger charge is 2.37. The van der Waals surface area contributed by atoms with Gasteiger partial charge >= 0.3 is 5.97 Å². The van der Waals surface area contributed by atoms with Crippen LogP contribution >= 0.6 is 0 Å². The van der Waals surface area contributed by atoms with Gasteiger partial charge in [-0.25, -0.2) is 12.7 Å². The van der Waals surface area contributed by atoms with Crippen LogP contribution in [0.2, 0.25) is 0 Å². The second-order valence-electron chi connectivity index (χ2n) is 10.3. The number of nitrogens with zero attached hydrogens (tertiary/aromatic N) is 2. The molecule has 1 aromatic heterocycles. The van der Waals surface area contributed by atoms with Gasteiger partial charge in [0.2, 0.25) is 10.0 Å². The van der Waals surface area contributed by atoms with E-state index in [1.807, 2.05) is 32.1 Å². The van der Waals surface area contributed by atoms with E-state index in [1.165, 1.54) is 0 Å². The average Bonchev–Trinajstić information content (AvgIpc) is 3.54. The molecule has 3 aromatic rings. The van der Waals surface area contributed by atoms with Crippen molar-refractivity contribution < 1.29 is 27.9 Å². The van der Waals surface area contributed by atoms with Crippen molar-refractivity contribution >= 4 is 32.7 Å². The highest BCUT2D eigenvalue weighted by atomic mass is 32.2. The molecule has 2 heterocycles. The summed E-state index contributed by atoms with van der Waals surface area (Å²) in [4.78, 5) is 24.7. The monoisotopic (exact) mass is 548 g/mol. The maximum Gasteiger partial charge on any atom is 0.323 e. The quantitative estimate of drug-likeness (QED) is 0.388. The number of carboxylic acid groups (broad SMARTS) is 1. The highest BCUT2D eigenvalue weighted by molar-refractivity contribution is 7.89. The molecular weight excluding hydrogens is 516 g/mol. The Morgan fingerprint density at radius 2 is 1.87 bits per heavy atom. The molecule has 1 fully saturated rings. The number of benzene rings is 2. The van der Waals surface area contributed by atoms with Crippen molar-refractivity contribution in [2.75, 3.05) is 13.1 Å². The second kappa shape index (κ2) is 10.8. The first-order valence-corrected chi connectivity index (χ1v) is 14.6. The predicted octanol–water partition coefficient (Wildman–Crippen LogP) is 4.71. The summed E-state index contributed by atoms with van der Waals surface area (Å²) in [5.74, 6) is -0.535. The zero-order valence-electron chi connectivity index (χ0n) is 22.0. The van der Waals surface area contributed by atoms with Crippen LogP contribution in [0.25, 0.3) is 10.9 Å². The van der Waals surface area contributed by atoms with Gasteiger partial charge in [-0.15, -0.1) is 0 Å². The molecule has 1 saturated heterocycles. The summed E-state index contributed by atoms with van der Waals surface area (Å²) < 4.78 is 35.7. The van der Waals surface area contributed by atoms with E-state index in [0.717, 1.165) is 10.9 Å².